The van der Waals surface area contributed by atoms with E-state index in [1.165, 1.54) is 5.56 Å². The number of benzene rings is 2. The molecule has 1 aliphatic rings. The number of halogens is 2. The third-order valence-corrected chi connectivity index (χ3v) is 4.75. The molecule has 0 aliphatic heterocycles. The second kappa shape index (κ2) is 5.36. The van der Waals surface area contributed by atoms with E-state index in [0.717, 1.165) is 24.0 Å². The third-order valence-electron chi connectivity index (χ3n) is 4.26. The lowest BCUT2D eigenvalue weighted by Gasteiger charge is -2.30. The van der Waals surface area contributed by atoms with Crippen LogP contribution in [0.5, 0.6) is 0 Å². The Labute approximate surface area is 133 Å². The first-order chi connectivity index (χ1) is 10.0. The number of carbonyl (C=O) groups is 1. The van der Waals surface area contributed by atoms with E-state index in [9.17, 15) is 9.90 Å². The zero-order chi connectivity index (χ0) is 15.0. The molecule has 0 spiro atoms. The van der Waals surface area contributed by atoms with Crippen molar-refractivity contribution in [3.8, 4) is 0 Å². The molecule has 0 amide bonds. The van der Waals surface area contributed by atoms with Crippen LogP contribution in [0.1, 0.15) is 29.5 Å². The molecule has 0 saturated carbocycles. The highest BCUT2D eigenvalue weighted by molar-refractivity contribution is 6.31. The normalized spacial score (nSPS) is 20.3. The molecule has 0 bridgehead atoms. The van der Waals surface area contributed by atoms with Gasteiger partial charge < -0.3 is 5.11 Å². The number of carboxylic acids is 1. The molecule has 4 heteroatoms. The van der Waals surface area contributed by atoms with Crippen molar-refractivity contribution >= 4 is 29.2 Å². The Hall–Kier alpha value is -1.51. The Bertz CT molecular complexity index is 694. The maximum Gasteiger partial charge on any atom is 0.304 e. The summed E-state index contributed by atoms with van der Waals surface area (Å²) in [6.45, 7) is 0. The fourth-order valence-electron chi connectivity index (χ4n) is 3.31. The van der Waals surface area contributed by atoms with Gasteiger partial charge in [-0.25, -0.2) is 0 Å². The lowest BCUT2D eigenvalue weighted by molar-refractivity contribution is -0.138. The summed E-state index contributed by atoms with van der Waals surface area (Å²) in [7, 11) is 0. The molecule has 0 saturated heterocycles. The van der Waals surface area contributed by atoms with Crippen molar-refractivity contribution < 1.29 is 9.90 Å². The van der Waals surface area contributed by atoms with Crippen LogP contribution in [0.15, 0.2) is 42.5 Å². The molecule has 21 heavy (non-hydrogen) atoms. The Balaban J connectivity index is 2.19. The van der Waals surface area contributed by atoms with E-state index in [1.54, 1.807) is 0 Å². The number of rotatable bonds is 3. The van der Waals surface area contributed by atoms with E-state index >= 15 is 0 Å². The lowest BCUT2D eigenvalue weighted by Crippen LogP contribution is -2.28. The van der Waals surface area contributed by atoms with Gasteiger partial charge >= 0.3 is 5.97 Å². The minimum absolute atomic E-state index is 0.0575. The molecule has 0 radical (unpaired) electrons. The van der Waals surface area contributed by atoms with Crippen LogP contribution < -0.4 is 0 Å². The smallest absolute Gasteiger partial charge is 0.304 e. The molecule has 2 nitrogen and oxygen atoms in total. The van der Waals surface area contributed by atoms with Crippen LogP contribution in [-0.4, -0.2) is 11.1 Å². The van der Waals surface area contributed by atoms with Gasteiger partial charge in [0.15, 0.2) is 0 Å². The van der Waals surface area contributed by atoms with Gasteiger partial charge in [-0.1, -0.05) is 41.4 Å². The van der Waals surface area contributed by atoms with Gasteiger partial charge in [0, 0.05) is 15.5 Å². The quantitative estimate of drug-likeness (QED) is 0.889. The molecule has 1 aliphatic carbocycles. The maximum atomic E-state index is 11.4. The Morgan fingerprint density at radius 1 is 1.10 bits per heavy atom. The Morgan fingerprint density at radius 2 is 1.76 bits per heavy atom. The van der Waals surface area contributed by atoms with E-state index in [-0.39, 0.29) is 6.42 Å². The third kappa shape index (κ3) is 2.54. The maximum absolute atomic E-state index is 11.4. The zero-order valence-corrected chi connectivity index (χ0v) is 12.8. The first kappa shape index (κ1) is 14.4. The Morgan fingerprint density at radius 3 is 2.43 bits per heavy atom. The van der Waals surface area contributed by atoms with Gasteiger partial charge in [0.2, 0.25) is 0 Å². The van der Waals surface area contributed by atoms with Crippen LogP contribution in [0.4, 0.5) is 0 Å². The molecule has 2 aromatic carbocycles. The number of carboxylic acid groups (broad SMARTS) is 1. The second-order valence-electron chi connectivity index (χ2n) is 5.46. The van der Waals surface area contributed by atoms with Crippen molar-refractivity contribution in [1.29, 1.82) is 0 Å². The van der Waals surface area contributed by atoms with Crippen molar-refractivity contribution in [3.63, 3.8) is 0 Å². The number of hydrogen-bond acceptors (Lipinski definition) is 1. The average molecular weight is 321 g/mol. The highest BCUT2D eigenvalue weighted by Crippen LogP contribution is 2.47. The average Bonchev–Trinajstić information content (AvgIpc) is 2.78. The summed E-state index contributed by atoms with van der Waals surface area (Å²) < 4.78 is 0. The van der Waals surface area contributed by atoms with Crippen LogP contribution in [0, 0.1) is 0 Å². The minimum atomic E-state index is -0.808. The lowest BCUT2D eigenvalue weighted by atomic mass is 9.73. The molecular formula is C17H14Cl2O2. The first-order valence-electron chi connectivity index (χ1n) is 6.78. The summed E-state index contributed by atoms with van der Waals surface area (Å²) in [5, 5.41) is 10.7. The van der Waals surface area contributed by atoms with Gasteiger partial charge in [0.1, 0.15) is 0 Å². The topological polar surface area (TPSA) is 37.3 Å². The highest BCUT2D eigenvalue weighted by Gasteiger charge is 2.42. The second-order valence-corrected chi connectivity index (χ2v) is 6.33. The van der Waals surface area contributed by atoms with Crippen LogP contribution in [0.2, 0.25) is 10.0 Å². The van der Waals surface area contributed by atoms with Gasteiger partial charge in [-0.05, 0) is 53.8 Å². The van der Waals surface area contributed by atoms with Gasteiger partial charge in [-0.15, -0.1) is 0 Å². The summed E-state index contributed by atoms with van der Waals surface area (Å²) in [5.74, 6) is -0.808. The Kier molecular flexibility index (Phi) is 3.68. The van der Waals surface area contributed by atoms with Gasteiger partial charge in [0.05, 0.1) is 6.42 Å². The summed E-state index contributed by atoms with van der Waals surface area (Å²) in [4.78, 5) is 11.4. The van der Waals surface area contributed by atoms with E-state index in [0.29, 0.717) is 10.0 Å². The van der Waals surface area contributed by atoms with Gasteiger partial charge in [0.25, 0.3) is 0 Å². The molecule has 108 valence electrons. The molecule has 0 fully saturated rings. The van der Waals surface area contributed by atoms with E-state index in [4.69, 9.17) is 23.2 Å². The van der Waals surface area contributed by atoms with E-state index in [1.807, 2.05) is 42.5 Å². The molecule has 0 heterocycles. The molecule has 1 N–H and O–H groups in total. The highest BCUT2D eigenvalue weighted by atomic mass is 35.5. The number of fused-ring (bicyclic) bond motifs is 1. The predicted octanol–water partition coefficient (Wildman–Crippen LogP) is 4.70. The summed E-state index contributed by atoms with van der Waals surface area (Å²) in [5.41, 5.74) is 2.67. The first-order valence-corrected chi connectivity index (χ1v) is 7.54. The number of aliphatic carboxylic acids is 1. The predicted molar refractivity (Wildman–Crippen MR) is 84.3 cm³/mol. The van der Waals surface area contributed by atoms with Gasteiger partial charge in [-0.2, -0.15) is 0 Å². The fraction of sp³-hybridized carbons (Fsp3) is 0.235. The number of hydrogen-bond donors (Lipinski definition) is 1. The largest absolute Gasteiger partial charge is 0.481 e. The molecule has 2 aromatic rings. The summed E-state index contributed by atoms with van der Waals surface area (Å²) in [6.07, 6.45) is 1.70. The molecule has 1 atom stereocenters. The van der Waals surface area contributed by atoms with Crippen molar-refractivity contribution in [1.82, 2.24) is 0 Å². The van der Waals surface area contributed by atoms with Crippen LogP contribution in [-0.2, 0) is 16.6 Å². The van der Waals surface area contributed by atoms with Crippen molar-refractivity contribution in [2.75, 3.05) is 0 Å². The minimum Gasteiger partial charge on any atom is -0.481 e. The number of aryl methyl sites for hydroxylation is 1. The molecular weight excluding hydrogens is 307 g/mol. The standard InChI is InChI=1S/C17H14Cl2O2/c18-13-5-2-12(3-6-13)17(10-16(20)21)8-7-11-1-4-14(19)9-15(11)17/h1-6,9H,7-8,10H2,(H,20,21)/t17-/m0/s1. The van der Waals surface area contributed by atoms with Crippen molar-refractivity contribution in [2.24, 2.45) is 0 Å². The van der Waals surface area contributed by atoms with E-state index in [2.05, 4.69) is 0 Å². The van der Waals surface area contributed by atoms with Crippen LogP contribution in [0.25, 0.3) is 0 Å². The van der Waals surface area contributed by atoms with Crippen LogP contribution in [0.3, 0.4) is 0 Å². The SMILES string of the molecule is O=C(O)C[C@]1(c2ccc(Cl)cc2)CCc2ccc(Cl)cc21. The monoisotopic (exact) mass is 320 g/mol. The van der Waals surface area contributed by atoms with Crippen molar-refractivity contribution in [2.45, 2.75) is 24.7 Å². The summed E-state index contributed by atoms with van der Waals surface area (Å²) in [6, 6.07) is 13.2. The van der Waals surface area contributed by atoms with Crippen molar-refractivity contribution in [3.05, 3.63) is 69.2 Å². The molecule has 0 aromatic heterocycles. The molecule has 0 unspecified atom stereocenters. The fourth-order valence-corrected chi connectivity index (χ4v) is 3.61. The van der Waals surface area contributed by atoms with Gasteiger partial charge in [-0.3, -0.25) is 4.79 Å². The summed E-state index contributed by atoms with van der Waals surface area (Å²) >= 11 is 12.1. The van der Waals surface area contributed by atoms with Crippen LogP contribution >= 0.6 is 23.2 Å². The van der Waals surface area contributed by atoms with E-state index < -0.39 is 11.4 Å². The molecule has 3 rings (SSSR count). The zero-order valence-electron chi connectivity index (χ0n) is 11.3.